The molecule has 0 amide bonds. The van der Waals surface area contributed by atoms with Crippen molar-refractivity contribution in [1.29, 1.82) is 0 Å². The van der Waals surface area contributed by atoms with Crippen LogP contribution in [0.4, 0.5) is 0 Å². The molecule has 118 valence electrons. The Morgan fingerprint density at radius 1 is 1.00 bits per heavy atom. The molecule has 1 aliphatic heterocycles. The summed E-state index contributed by atoms with van der Waals surface area (Å²) in [7, 11) is 0. The molecule has 3 atom stereocenters. The van der Waals surface area contributed by atoms with Crippen molar-refractivity contribution in [3.8, 4) is 0 Å². The summed E-state index contributed by atoms with van der Waals surface area (Å²) in [5, 5.41) is 3.67. The van der Waals surface area contributed by atoms with E-state index in [1.807, 2.05) is 0 Å². The van der Waals surface area contributed by atoms with Crippen LogP contribution >= 0.6 is 0 Å². The van der Waals surface area contributed by atoms with E-state index in [2.05, 4.69) is 37.9 Å². The Morgan fingerprint density at radius 3 is 2.40 bits per heavy atom. The lowest BCUT2D eigenvalue weighted by Crippen LogP contribution is -2.43. The van der Waals surface area contributed by atoms with Crippen molar-refractivity contribution in [2.45, 2.75) is 84.7 Å². The second kappa shape index (κ2) is 7.26. The average Bonchev–Trinajstić information content (AvgIpc) is 2.76. The minimum Gasteiger partial charge on any atom is -0.313 e. The summed E-state index contributed by atoms with van der Waals surface area (Å²) in [5.74, 6) is 0.927. The minimum absolute atomic E-state index is 0.499. The van der Waals surface area contributed by atoms with Gasteiger partial charge >= 0.3 is 0 Å². The zero-order valence-corrected chi connectivity index (χ0v) is 14.3. The molecular weight excluding hydrogens is 244 g/mol. The van der Waals surface area contributed by atoms with Crippen molar-refractivity contribution in [2.75, 3.05) is 19.6 Å². The molecule has 0 aromatic heterocycles. The maximum Gasteiger partial charge on any atom is 0.0195 e. The summed E-state index contributed by atoms with van der Waals surface area (Å²) >= 11 is 0. The maximum absolute atomic E-state index is 3.67. The lowest BCUT2D eigenvalue weighted by atomic mass is 9.76. The quantitative estimate of drug-likeness (QED) is 0.781. The first-order valence-electron chi connectivity index (χ1n) is 8.98. The highest BCUT2D eigenvalue weighted by Crippen LogP contribution is 2.37. The van der Waals surface area contributed by atoms with E-state index in [1.54, 1.807) is 0 Å². The molecular formula is C18H36N2. The fraction of sp³-hybridized carbons (Fsp3) is 1.00. The van der Waals surface area contributed by atoms with Gasteiger partial charge in [-0.25, -0.2) is 0 Å². The molecule has 0 aromatic carbocycles. The van der Waals surface area contributed by atoms with Gasteiger partial charge in [0.1, 0.15) is 0 Å². The van der Waals surface area contributed by atoms with E-state index < -0.39 is 0 Å². The Bertz CT molecular complexity index is 276. The average molecular weight is 281 g/mol. The first-order valence-corrected chi connectivity index (χ1v) is 8.98. The van der Waals surface area contributed by atoms with Gasteiger partial charge in [-0.15, -0.1) is 0 Å². The maximum atomic E-state index is 3.67. The summed E-state index contributed by atoms with van der Waals surface area (Å²) < 4.78 is 0. The van der Waals surface area contributed by atoms with E-state index in [4.69, 9.17) is 0 Å². The molecule has 2 rings (SSSR count). The van der Waals surface area contributed by atoms with Gasteiger partial charge in [0, 0.05) is 18.6 Å². The van der Waals surface area contributed by atoms with Gasteiger partial charge in [0.15, 0.2) is 0 Å². The van der Waals surface area contributed by atoms with Crippen LogP contribution in [0.2, 0.25) is 0 Å². The van der Waals surface area contributed by atoms with E-state index in [-0.39, 0.29) is 0 Å². The third kappa shape index (κ3) is 4.46. The van der Waals surface area contributed by atoms with Crippen molar-refractivity contribution in [2.24, 2.45) is 11.3 Å². The van der Waals surface area contributed by atoms with Crippen LogP contribution in [0, 0.1) is 11.3 Å². The van der Waals surface area contributed by atoms with Crippen LogP contribution in [-0.4, -0.2) is 36.6 Å². The third-order valence-electron chi connectivity index (χ3n) is 5.70. The highest BCUT2D eigenvalue weighted by molar-refractivity contribution is 4.85. The number of nitrogens with one attached hydrogen (secondary N) is 1. The Kier molecular flexibility index (Phi) is 5.92. The smallest absolute Gasteiger partial charge is 0.0195 e. The summed E-state index contributed by atoms with van der Waals surface area (Å²) in [6.45, 7) is 13.4. The number of hydrogen-bond donors (Lipinski definition) is 1. The van der Waals surface area contributed by atoms with Gasteiger partial charge in [-0.05, 0) is 62.9 Å². The molecule has 2 aliphatic rings. The summed E-state index contributed by atoms with van der Waals surface area (Å²) in [4.78, 5) is 2.77. The van der Waals surface area contributed by atoms with Gasteiger partial charge in [0.25, 0.3) is 0 Å². The summed E-state index contributed by atoms with van der Waals surface area (Å²) in [6.07, 6.45) is 9.91. The van der Waals surface area contributed by atoms with Crippen LogP contribution < -0.4 is 5.32 Å². The van der Waals surface area contributed by atoms with E-state index in [0.717, 1.165) is 18.0 Å². The molecule has 3 unspecified atom stereocenters. The molecule has 1 saturated carbocycles. The van der Waals surface area contributed by atoms with Crippen molar-refractivity contribution in [3.05, 3.63) is 0 Å². The molecule has 2 nitrogen and oxygen atoms in total. The van der Waals surface area contributed by atoms with Crippen LogP contribution in [-0.2, 0) is 0 Å². The van der Waals surface area contributed by atoms with E-state index in [9.17, 15) is 0 Å². The van der Waals surface area contributed by atoms with Crippen molar-refractivity contribution < 1.29 is 0 Å². The lowest BCUT2D eigenvalue weighted by Gasteiger charge is -2.33. The van der Waals surface area contributed by atoms with Crippen molar-refractivity contribution in [1.82, 2.24) is 10.2 Å². The van der Waals surface area contributed by atoms with Crippen LogP contribution in [0.1, 0.15) is 72.6 Å². The first-order chi connectivity index (χ1) is 9.50. The molecule has 2 fully saturated rings. The van der Waals surface area contributed by atoms with E-state index >= 15 is 0 Å². The fourth-order valence-corrected chi connectivity index (χ4v) is 4.25. The topological polar surface area (TPSA) is 15.3 Å². The standard InChI is InChI=1S/C18H36N2/c1-5-20(14-16-9-7-13-19-16)17-10-6-8-15(11-12-17)18(2,3)4/h15-17,19H,5-14H2,1-4H3. The molecule has 0 bridgehead atoms. The molecule has 0 aromatic rings. The predicted octanol–water partition coefficient (Wildman–Crippen LogP) is 4.06. The van der Waals surface area contributed by atoms with Crippen LogP contribution in [0.3, 0.4) is 0 Å². The number of hydrogen-bond acceptors (Lipinski definition) is 2. The molecule has 1 heterocycles. The Balaban J connectivity index is 1.87. The second-order valence-electron chi connectivity index (χ2n) is 8.11. The van der Waals surface area contributed by atoms with Crippen molar-refractivity contribution in [3.63, 3.8) is 0 Å². The zero-order chi connectivity index (χ0) is 14.6. The van der Waals surface area contributed by atoms with Gasteiger partial charge in [-0.2, -0.15) is 0 Å². The van der Waals surface area contributed by atoms with Gasteiger partial charge in [-0.1, -0.05) is 34.1 Å². The fourth-order valence-electron chi connectivity index (χ4n) is 4.25. The van der Waals surface area contributed by atoms with E-state index in [1.165, 1.54) is 64.6 Å². The molecule has 2 heteroatoms. The second-order valence-corrected chi connectivity index (χ2v) is 8.11. The van der Waals surface area contributed by atoms with Gasteiger partial charge in [-0.3, -0.25) is 4.90 Å². The molecule has 1 N–H and O–H groups in total. The number of likely N-dealkylation sites (N-methyl/N-ethyl adjacent to an activating group) is 1. The Labute approximate surface area is 126 Å². The Morgan fingerprint density at radius 2 is 1.80 bits per heavy atom. The predicted molar refractivity (Wildman–Crippen MR) is 88.1 cm³/mol. The first kappa shape index (κ1) is 16.3. The molecule has 1 saturated heterocycles. The van der Waals surface area contributed by atoms with Gasteiger partial charge < -0.3 is 5.32 Å². The Hall–Kier alpha value is -0.0800. The molecule has 0 radical (unpaired) electrons. The van der Waals surface area contributed by atoms with Crippen LogP contribution in [0.25, 0.3) is 0 Å². The van der Waals surface area contributed by atoms with Crippen LogP contribution in [0.5, 0.6) is 0 Å². The minimum atomic E-state index is 0.499. The van der Waals surface area contributed by atoms with E-state index in [0.29, 0.717) is 5.41 Å². The highest BCUT2D eigenvalue weighted by Gasteiger charge is 2.30. The third-order valence-corrected chi connectivity index (χ3v) is 5.70. The molecule has 1 aliphatic carbocycles. The monoisotopic (exact) mass is 280 g/mol. The molecule has 20 heavy (non-hydrogen) atoms. The van der Waals surface area contributed by atoms with Gasteiger partial charge in [0.2, 0.25) is 0 Å². The number of rotatable bonds is 4. The number of nitrogens with zero attached hydrogens (tertiary/aromatic N) is 1. The van der Waals surface area contributed by atoms with Crippen molar-refractivity contribution >= 4 is 0 Å². The highest BCUT2D eigenvalue weighted by atomic mass is 15.2. The summed E-state index contributed by atoms with van der Waals surface area (Å²) in [6, 6.07) is 1.60. The summed E-state index contributed by atoms with van der Waals surface area (Å²) in [5.41, 5.74) is 0.499. The lowest BCUT2D eigenvalue weighted by molar-refractivity contribution is 0.164. The molecule has 0 spiro atoms. The van der Waals surface area contributed by atoms with Gasteiger partial charge in [0.05, 0.1) is 0 Å². The largest absolute Gasteiger partial charge is 0.313 e. The SMILES string of the molecule is CCN(CC1CCCN1)C1CCCC(C(C)(C)C)CC1. The zero-order valence-electron chi connectivity index (χ0n) is 14.3. The normalized spacial score (nSPS) is 32.5. The van der Waals surface area contributed by atoms with Crippen LogP contribution in [0.15, 0.2) is 0 Å².